The molecule has 2 amide bonds. The zero-order valence-electron chi connectivity index (χ0n) is 21.6. The Morgan fingerprint density at radius 2 is 1.53 bits per heavy atom. The molecule has 0 spiro atoms. The smallest absolute Gasteiger partial charge is 0.243 e. The molecular weight excluding hydrogens is 526 g/mol. The van der Waals surface area contributed by atoms with Crippen molar-refractivity contribution in [1.82, 2.24) is 14.5 Å². The lowest BCUT2D eigenvalue weighted by Gasteiger charge is -2.32. The van der Waals surface area contributed by atoms with E-state index in [-0.39, 0.29) is 25.4 Å². The third kappa shape index (κ3) is 8.58. The number of benzene rings is 3. The Labute approximate surface area is 229 Å². The average Bonchev–Trinajstić information content (AvgIpc) is 2.90. The van der Waals surface area contributed by atoms with Crippen LogP contribution in [-0.2, 0) is 39.1 Å². The zero-order chi connectivity index (χ0) is 27.7. The summed E-state index contributed by atoms with van der Waals surface area (Å²) in [7, 11) is -0.690. The van der Waals surface area contributed by atoms with Gasteiger partial charge in [-0.15, -0.1) is 0 Å². The van der Waals surface area contributed by atoms with E-state index in [1.165, 1.54) is 11.9 Å². The maximum atomic E-state index is 13.6. The van der Waals surface area contributed by atoms with Crippen molar-refractivity contribution in [2.75, 3.05) is 27.0 Å². The number of hydrogen-bond acceptors (Lipinski definition) is 5. The van der Waals surface area contributed by atoms with Crippen molar-refractivity contribution in [2.45, 2.75) is 25.6 Å². The van der Waals surface area contributed by atoms with Crippen LogP contribution in [0.2, 0.25) is 5.02 Å². The van der Waals surface area contributed by atoms with Gasteiger partial charge < -0.3 is 15.0 Å². The number of halogens is 1. The van der Waals surface area contributed by atoms with E-state index in [1.54, 1.807) is 43.5 Å². The molecule has 1 atom stereocenters. The summed E-state index contributed by atoms with van der Waals surface area (Å²) in [5, 5.41) is 3.49. The molecule has 0 aliphatic rings. The van der Waals surface area contributed by atoms with Crippen molar-refractivity contribution in [3.63, 3.8) is 0 Å². The zero-order valence-corrected chi connectivity index (χ0v) is 23.2. The van der Waals surface area contributed by atoms with Gasteiger partial charge in [0, 0.05) is 31.6 Å². The van der Waals surface area contributed by atoms with E-state index in [2.05, 4.69) is 5.32 Å². The van der Waals surface area contributed by atoms with E-state index in [0.717, 1.165) is 27.3 Å². The van der Waals surface area contributed by atoms with Gasteiger partial charge in [-0.3, -0.25) is 9.59 Å². The van der Waals surface area contributed by atoms with E-state index in [1.807, 2.05) is 42.5 Å². The standard InChI is InChI=1S/C28H32ClN3O5S/c1-31(38(3,35)36)20-27(33)32(19-23-9-13-24(29)14-10-23)26(17-21-7-5-4-6-8-21)28(34)30-18-22-11-15-25(37-2)16-12-22/h4-16,26H,17-20H2,1-3H3,(H,30,34)/t26-/m0/s1. The molecule has 0 aliphatic carbocycles. The summed E-state index contributed by atoms with van der Waals surface area (Å²) in [5.74, 6) is -0.140. The van der Waals surface area contributed by atoms with Gasteiger partial charge in [0.15, 0.2) is 0 Å². The molecule has 0 radical (unpaired) electrons. The highest BCUT2D eigenvalue weighted by Crippen LogP contribution is 2.18. The monoisotopic (exact) mass is 557 g/mol. The van der Waals surface area contributed by atoms with Crippen molar-refractivity contribution < 1.29 is 22.7 Å². The Kier molecular flexibility index (Phi) is 10.3. The van der Waals surface area contributed by atoms with Gasteiger partial charge in [0.05, 0.1) is 19.9 Å². The molecule has 0 fully saturated rings. The quantitative estimate of drug-likeness (QED) is 0.368. The number of sulfonamides is 1. The number of nitrogens with one attached hydrogen (secondary N) is 1. The molecule has 0 aliphatic heterocycles. The van der Waals surface area contributed by atoms with Gasteiger partial charge in [0.2, 0.25) is 21.8 Å². The molecule has 0 bridgehead atoms. The number of ether oxygens (including phenoxy) is 1. The van der Waals surface area contributed by atoms with Crippen LogP contribution >= 0.6 is 11.6 Å². The molecule has 1 N–H and O–H groups in total. The summed E-state index contributed by atoms with van der Waals surface area (Å²) < 4.78 is 30.2. The van der Waals surface area contributed by atoms with Crippen LogP contribution in [0.5, 0.6) is 5.75 Å². The first-order chi connectivity index (χ1) is 18.1. The van der Waals surface area contributed by atoms with Crippen molar-refractivity contribution in [1.29, 1.82) is 0 Å². The van der Waals surface area contributed by atoms with Gasteiger partial charge in [-0.2, -0.15) is 4.31 Å². The largest absolute Gasteiger partial charge is 0.497 e. The number of rotatable bonds is 12. The topological polar surface area (TPSA) is 96.0 Å². The number of carbonyl (C=O) groups is 2. The van der Waals surface area contributed by atoms with Crippen LogP contribution in [-0.4, -0.2) is 62.4 Å². The second-order valence-electron chi connectivity index (χ2n) is 8.94. The highest BCUT2D eigenvalue weighted by atomic mass is 35.5. The van der Waals surface area contributed by atoms with Crippen LogP contribution in [0, 0.1) is 0 Å². The fourth-order valence-corrected chi connectivity index (χ4v) is 4.26. The molecule has 3 aromatic rings. The van der Waals surface area contributed by atoms with Crippen LogP contribution in [0.25, 0.3) is 0 Å². The highest BCUT2D eigenvalue weighted by Gasteiger charge is 2.31. The van der Waals surface area contributed by atoms with E-state index in [4.69, 9.17) is 16.3 Å². The normalized spacial score (nSPS) is 12.1. The summed E-state index contributed by atoms with van der Waals surface area (Å²) in [6, 6.07) is 22.8. The summed E-state index contributed by atoms with van der Waals surface area (Å²) in [6.07, 6.45) is 1.28. The van der Waals surface area contributed by atoms with Crippen LogP contribution in [0.4, 0.5) is 0 Å². The minimum absolute atomic E-state index is 0.0983. The molecule has 0 unspecified atom stereocenters. The molecular formula is C28H32ClN3O5S. The Morgan fingerprint density at radius 3 is 2.11 bits per heavy atom. The number of amides is 2. The molecule has 3 aromatic carbocycles. The molecule has 0 aromatic heterocycles. The Hall–Kier alpha value is -3.40. The van der Waals surface area contributed by atoms with Crippen molar-refractivity contribution >= 4 is 33.4 Å². The number of hydrogen-bond donors (Lipinski definition) is 1. The highest BCUT2D eigenvalue weighted by molar-refractivity contribution is 7.88. The van der Waals surface area contributed by atoms with Crippen molar-refractivity contribution in [3.05, 3.63) is 101 Å². The molecule has 0 saturated heterocycles. The maximum absolute atomic E-state index is 13.6. The van der Waals surface area contributed by atoms with Gasteiger partial charge in [0.25, 0.3) is 0 Å². The maximum Gasteiger partial charge on any atom is 0.243 e. The van der Waals surface area contributed by atoms with E-state index in [9.17, 15) is 18.0 Å². The van der Waals surface area contributed by atoms with Gasteiger partial charge in [-0.1, -0.05) is 66.2 Å². The predicted molar refractivity (Wildman–Crippen MR) is 148 cm³/mol. The van der Waals surface area contributed by atoms with Crippen LogP contribution in [0.15, 0.2) is 78.9 Å². The molecule has 202 valence electrons. The third-order valence-electron chi connectivity index (χ3n) is 6.09. The third-order valence-corrected chi connectivity index (χ3v) is 7.60. The lowest BCUT2D eigenvalue weighted by Crippen LogP contribution is -2.52. The van der Waals surface area contributed by atoms with Gasteiger partial charge in [-0.25, -0.2) is 8.42 Å². The van der Waals surface area contributed by atoms with Crippen LogP contribution < -0.4 is 10.1 Å². The lowest BCUT2D eigenvalue weighted by atomic mass is 10.0. The van der Waals surface area contributed by atoms with E-state index in [0.29, 0.717) is 10.8 Å². The Morgan fingerprint density at radius 1 is 0.921 bits per heavy atom. The lowest BCUT2D eigenvalue weighted by molar-refractivity contribution is -0.141. The summed E-state index contributed by atoms with van der Waals surface area (Å²) >= 11 is 6.04. The molecule has 8 nitrogen and oxygen atoms in total. The summed E-state index contributed by atoms with van der Waals surface area (Å²) in [4.78, 5) is 28.6. The fraction of sp³-hybridized carbons (Fsp3) is 0.286. The predicted octanol–water partition coefficient (Wildman–Crippen LogP) is 3.50. The average molecular weight is 558 g/mol. The van der Waals surface area contributed by atoms with Gasteiger partial charge >= 0.3 is 0 Å². The Bertz CT molecular complexity index is 1320. The molecule has 3 rings (SSSR count). The first-order valence-corrected chi connectivity index (χ1v) is 14.2. The SMILES string of the molecule is COc1ccc(CNC(=O)[C@H](Cc2ccccc2)N(Cc2ccc(Cl)cc2)C(=O)CN(C)S(C)(=O)=O)cc1. The fourth-order valence-electron chi connectivity index (χ4n) is 3.79. The number of methoxy groups -OCH3 is 1. The van der Waals surface area contributed by atoms with Gasteiger partial charge in [-0.05, 0) is 41.0 Å². The first-order valence-electron chi connectivity index (χ1n) is 12.0. The van der Waals surface area contributed by atoms with Gasteiger partial charge in [0.1, 0.15) is 11.8 Å². The van der Waals surface area contributed by atoms with Crippen LogP contribution in [0.1, 0.15) is 16.7 Å². The van der Waals surface area contributed by atoms with E-state index < -0.39 is 28.5 Å². The summed E-state index contributed by atoms with van der Waals surface area (Å²) in [6.45, 7) is -0.0507. The minimum atomic E-state index is -3.61. The number of nitrogens with zero attached hydrogens (tertiary/aromatic N) is 2. The number of carbonyl (C=O) groups excluding carboxylic acids is 2. The molecule has 0 saturated carbocycles. The van der Waals surface area contributed by atoms with Crippen molar-refractivity contribution in [2.24, 2.45) is 0 Å². The summed E-state index contributed by atoms with van der Waals surface area (Å²) in [5.41, 5.74) is 2.48. The second-order valence-corrected chi connectivity index (χ2v) is 11.5. The molecule has 38 heavy (non-hydrogen) atoms. The number of likely N-dealkylation sites (N-methyl/N-ethyl adjacent to an activating group) is 1. The first kappa shape index (κ1) is 29.2. The van der Waals surface area contributed by atoms with E-state index >= 15 is 0 Å². The minimum Gasteiger partial charge on any atom is -0.497 e. The second kappa shape index (κ2) is 13.4. The Balaban J connectivity index is 1.92. The van der Waals surface area contributed by atoms with Crippen LogP contribution in [0.3, 0.4) is 0 Å². The van der Waals surface area contributed by atoms with Crippen molar-refractivity contribution in [3.8, 4) is 5.75 Å². The molecule has 0 heterocycles. The molecule has 10 heteroatoms.